The van der Waals surface area contributed by atoms with Gasteiger partial charge in [0.05, 0.1) is 29.9 Å². The summed E-state index contributed by atoms with van der Waals surface area (Å²) >= 11 is 0. The molecule has 2 N–H and O–H groups in total. The topological polar surface area (TPSA) is 118 Å². The maximum atomic E-state index is 15.6. The number of alkyl halides is 3. The first-order valence-electron chi connectivity index (χ1n) is 13.9. The lowest BCUT2D eigenvalue weighted by Gasteiger charge is -2.38. The molecule has 45 heavy (non-hydrogen) atoms. The Kier molecular flexibility index (Phi) is 8.70. The van der Waals surface area contributed by atoms with Crippen molar-refractivity contribution in [2.75, 3.05) is 24.7 Å². The fraction of sp³-hybridized carbons (Fsp3) is 0.323. The van der Waals surface area contributed by atoms with Crippen molar-refractivity contribution in [2.24, 2.45) is 0 Å². The zero-order chi connectivity index (χ0) is 32.6. The highest BCUT2D eigenvalue weighted by Crippen LogP contribution is 2.34. The highest BCUT2D eigenvalue weighted by atomic mass is 19.4. The summed E-state index contributed by atoms with van der Waals surface area (Å²) in [6.07, 6.45) is -2.04. The predicted molar refractivity (Wildman–Crippen MR) is 154 cm³/mol. The van der Waals surface area contributed by atoms with Crippen molar-refractivity contribution >= 4 is 28.5 Å². The number of aryl methyl sites for hydroxylation is 3. The van der Waals surface area contributed by atoms with Crippen LogP contribution >= 0.6 is 0 Å². The quantitative estimate of drug-likeness (QED) is 0.272. The Bertz CT molecular complexity index is 1780. The van der Waals surface area contributed by atoms with E-state index in [2.05, 4.69) is 20.3 Å². The molecule has 0 radical (unpaired) electrons. The van der Waals surface area contributed by atoms with E-state index in [1.807, 2.05) is 6.92 Å². The fourth-order valence-electron chi connectivity index (χ4n) is 5.32. The molecule has 1 amide bonds. The molecule has 0 bridgehead atoms. The average molecular weight is 630 g/mol. The van der Waals surface area contributed by atoms with E-state index >= 15 is 8.78 Å². The van der Waals surface area contributed by atoms with Crippen molar-refractivity contribution in [1.82, 2.24) is 20.3 Å². The maximum absolute atomic E-state index is 15.6. The number of aliphatic carboxylic acids is 1. The number of aromatic nitrogens is 3. The first kappa shape index (κ1) is 31.7. The molecule has 3 heterocycles. The van der Waals surface area contributed by atoms with Crippen LogP contribution < -0.4 is 10.2 Å². The summed E-state index contributed by atoms with van der Waals surface area (Å²) in [5.74, 6) is -4.35. The van der Waals surface area contributed by atoms with Crippen molar-refractivity contribution < 1.29 is 41.4 Å². The number of nitrogens with one attached hydrogen (secondary N) is 1. The van der Waals surface area contributed by atoms with Crippen LogP contribution in [0.4, 0.5) is 27.6 Å². The number of carbonyl (C=O) groups is 2. The number of ether oxygens (including phenoxy) is 1. The summed E-state index contributed by atoms with van der Waals surface area (Å²) in [4.78, 5) is 39.3. The van der Waals surface area contributed by atoms with Crippen molar-refractivity contribution in [2.45, 2.75) is 45.5 Å². The number of carboxylic acid groups (broad SMARTS) is 1. The van der Waals surface area contributed by atoms with E-state index in [1.165, 1.54) is 19.2 Å². The summed E-state index contributed by atoms with van der Waals surface area (Å²) in [5.41, 5.74) is 1.24. The lowest BCUT2D eigenvalue weighted by molar-refractivity contribution is -0.167. The first-order valence-corrected chi connectivity index (χ1v) is 13.9. The number of halogens is 5. The second-order valence-electron chi connectivity index (χ2n) is 10.8. The average Bonchev–Trinajstić information content (AvgIpc) is 2.97. The lowest BCUT2D eigenvalue weighted by Crippen LogP contribution is -2.53. The number of hydrogen-bond acceptors (Lipinski definition) is 7. The Morgan fingerprint density at radius 2 is 1.87 bits per heavy atom. The molecule has 1 fully saturated rings. The van der Waals surface area contributed by atoms with E-state index < -0.39 is 60.4 Å². The molecule has 0 aliphatic carbocycles. The standard InChI is InChI=1S/C31H28F5N5O4/c1-15-9-19(41-7-8-45-14-24(41)31(34,35)36)12-22(33)25(15)29(42)40-23(30(43)44)11-18-10-21(32)26(27-20(18)5-4-6-37-27)28-38-13-16(2)17(3)39-28/h4-6,9-10,12-13,23-24H,7-8,11,14H2,1-3H3,(H,40,42)(H,43,44)/t23-,24+/m0/s1. The van der Waals surface area contributed by atoms with Crippen LogP contribution in [0.5, 0.6) is 0 Å². The molecule has 5 rings (SSSR count). The van der Waals surface area contributed by atoms with Crippen LogP contribution in [0.3, 0.4) is 0 Å². The molecule has 2 aromatic heterocycles. The van der Waals surface area contributed by atoms with Crippen LogP contribution in [0.1, 0.15) is 32.7 Å². The first-order chi connectivity index (χ1) is 21.3. The number of benzene rings is 2. The number of rotatable bonds is 7. The zero-order valence-corrected chi connectivity index (χ0v) is 24.4. The van der Waals surface area contributed by atoms with Crippen LogP contribution in [-0.4, -0.2) is 70.0 Å². The van der Waals surface area contributed by atoms with E-state index in [9.17, 15) is 27.9 Å². The Hall–Kier alpha value is -4.72. The van der Waals surface area contributed by atoms with Gasteiger partial charge in [0.25, 0.3) is 5.91 Å². The van der Waals surface area contributed by atoms with Gasteiger partial charge < -0.3 is 20.1 Å². The molecule has 0 spiro atoms. The second-order valence-corrected chi connectivity index (χ2v) is 10.8. The number of hydrogen-bond donors (Lipinski definition) is 2. The van der Waals surface area contributed by atoms with Crippen LogP contribution in [0.15, 0.2) is 42.7 Å². The Labute approximate surface area is 254 Å². The number of morpholine rings is 1. The SMILES string of the molecule is Cc1cnc(-c2c(F)cc(C[C@H](NC(=O)c3c(C)cc(N4CCOC[C@@H]4C(F)(F)F)cc3F)C(=O)O)c3cccnc23)nc1C. The third-order valence-corrected chi connectivity index (χ3v) is 7.74. The van der Waals surface area contributed by atoms with Crippen molar-refractivity contribution in [1.29, 1.82) is 0 Å². The highest BCUT2D eigenvalue weighted by Gasteiger charge is 2.45. The molecule has 1 saturated heterocycles. The molecule has 0 saturated carbocycles. The normalized spacial score (nSPS) is 16.1. The third-order valence-electron chi connectivity index (χ3n) is 7.74. The largest absolute Gasteiger partial charge is 0.480 e. The number of carbonyl (C=O) groups excluding carboxylic acids is 1. The zero-order valence-electron chi connectivity index (χ0n) is 24.4. The molecule has 2 atom stereocenters. The van der Waals surface area contributed by atoms with Gasteiger partial charge in [-0.3, -0.25) is 9.78 Å². The molecular weight excluding hydrogens is 601 g/mol. The molecular formula is C31H28F5N5O4. The molecule has 2 aromatic carbocycles. The smallest absolute Gasteiger partial charge is 0.411 e. The minimum Gasteiger partial charge on any atom is -0.480 e. The van der Waals surface area contributed by atoms with Crippen molar-refractivity contribution in [3.63, 3.8) is 0 Å². The Morgan fingerprint density at radius 1 is 1.11 bits per heavy atom. The highest BCUT2D eigenvalue weighted by molar-refractivity contribution is 5.99. The molecule has 1 aliphatic heterocycles. The van der Waals surface area contributed by atoms with Crippen molar-refractivity contribution in [3.05, 3.63) is 82.3 Å². The van der Waals surface area contributed by atoms with Crippen LogP contribution in [0.25, 0.3) is 22.3 Å². The van der Waals surface area contributed by atoms with Gasteiger partial charge in [-0.25, -0.2) is 23.5 Å². The third kappa shape index (κ3) is 6.41. The van der Waals surface area contributed by atoms with Gasteiger partial charge in [-0.1, -0.05) is 6.07 Å². The van der Waals surface area contributed by atoms with Gasteiger partial charge in [0.1, 0.15) is 23.7 Å². The predicted octanol–water partition coefficient (Wildman–Crippen LogP) is 5.09. The van der Waals surface area contributed by atoms with Crippen molar-refractivity contribution in [3.8, 4) is 11.4 Å². The van der Waals surface area contributed by atoms with Gasteiger partial charge >= 0.3 is 12.1 Å². The Morgan fingerprint density at radius 3 is 2.53 bits per heavy atom. The summed E-state index contributed by atoms with van der Waals surface area (Å²) in [5, 5.41) is 12.6. The molecule has 9 nitrogen and oxygen atoms in total. The summed E-state index contributed by atoms with van der Waals surface area (Å²) in [6, 6.07) is 2.74. The number of amides is 1. The van der Waals surface area contributed by atoms with Crippen LogP contribution in [0.2, 0.25) is 0 Å². The summed E-state index contributed by atoms with van der Waals surface area (Å²) in [7, 11) is 0. The number of pyridine rings is 1. The molecule has 236 valence electrons. The maximum Gasteiger partial charge on any atom is 0.411 e. The molecule has 0 unspecified atom stereocenters. The molecule has 1 aliphatic rings. The number of fused-ring (bicyclic) bond motifs is 1. The summed E-state index contributed by atoms with van der Waals surface area (Å²) in [6.45, 7) is 4.12. The summed E-state index contributed by atoms with van der Waals surface area (Å²) < 4.78 is 76.6. The number of carboxylic acids is 1. The molecule has 14 heteroatoms. The fourth-order valence-corrected chi connectivity index (χ4v) is 5.32. The van der Waals surface area contributed by atoms with Crippen LogP contribution in [-0.2, 0) is 16.0 Å². The van der Waals surface area contributed by atoms with Gasteiger partial charge in [-0.05, 0) is 61.7 Å². The van der Waals surface area contributed by atoms with E-state index in [0.717, 1.165) is 22.6 Å². The van der Waals surface area contributed by atoms with Gasteiger partial charge in [0.15, 0.2) is 5.82 Å². The van der Waals surface area contributed by atoms with Gasteiger partial charge in [0, 0.05) is 42.1 Å². The number of nitrogens with zero attached hydrogens (tertiary/aromatic N) is 4. The van der Waals surface area contributed by atoms with Crippen LogP contribution in [0, 0.1) is 32.4 Å². The minimum atomic E-state index is -4.64. The van der Waals surface area contributed by atoms with E-state index in [4.69, 9.17) is 4.74 Å². The van der Waals surface area contributed by atoms with Gasteiger partial charge in [-0.15, -0.1) is 0 Å². The minimum absolute atomic E-state index is 0.000758. The van der Waals surface area contributed by atoms with E-state index in [-0.39, 0.29) is 46.9 Å². The lowest BCUT2D eigenvalue weighted by atomic mass is 9.96. The molecule has 4 aromatic rings. The van der Waals surface area contributed by atoms with E-state index in [1.54, 1.807) is 25.3 Å². The van der Waals surface area contributed by atoms with E-state index in [0.29, 0.717) is 11.1 Å². The second kappa shape index (κ2) is 12.3. The Balaban J connectivity index is 1.44. The van der Waals surface area contributed by atoms with Gasteiger partial charge in [0.2, 0.25) is 0 Å². The van der Waals surface area contributed by atoms with Gasteiger partial charge in [-0.2, -0.15) is 13.2 Å². The monoisotopic (exact) mass is 629 g/mol. The number of anilines is 1.